The van der Waals surface area contributed by atoms with Gasteiger partial charge in [0.25, 0.3) is 5.91 Å². The number of benzene rings is 2. The number of hydrazine groups is 1. The van der Waals surface area contributed by atoms with Gasteiger partial charge in [0, 0.05) is 24.2 Å². The average molecular weight is 440 g/mol. The van der Waals surface area contributed by atoms with Gasteiger partial charge in [-0.25, -0.2) is 5.01 Å². The van der Waals surface area contributed by atoms with Crippen LogP contribution in [0.15, 0.2) is 48.5 Å². The molecule has 0 bridgehead atoms. The summed E-state index contributed by atoms with van der Waals surface area (Å²) in [6, 6.07) is 14.2. The molecule has 2 aromatic carbocycles. The Kier molecular flexibility index (Phi) is 7.40. The summed E-state index contributed by atoms with van der Waals surface area (Å²) in [5.74, 6) is 0.957. The maximum atomic E-state index is 13.6. The van der Waals surface area contributed by atoms with E-state index in [2.05, 4.69) is 5.32 Å². The van der Waals surface area contributed by atoms with Crippen LogP contribution in [-0.4, -0.2) is 54.2 Å². The van der Waals surface area contributed by atoms with E-state index < -0.39 is 6.04 Å². The van der Waals surface area contributed by atoms with E-state index in [1.165, 1.54) is 0 Å². The fourth-order valence-electron chi connectivity index (χ4n) is 3.92. The minimum Gasteiger partial charge on any atom is -0.493 e. The molecule has 1 fully saturated rings. The summed E-state index contributed by atoms with van der Waals surface area (Å²) < 4.78 is 10.8. The van der Waals surface area contributed by atoms with Gasteiger partial charge < -0.3 is 14.8 Å². The Hall–Kier alpha value is -3.06. The lowest BCUT2D eigenvalue weighted by atomic mass is 10.0. The molecule has 1 saturated heterocycles. The molecule has 1 aliphatic heterocycles. The topological polar surface area (TPSA) is 71.1 Å². The molecule has 1 atom stereocenters. The molecule has 172 valence electrons. The zero-order valence-electron chi connectivity index (χ0n) is 19.6. The highest BCUT2D eigenvalue weighted by atomic mass is 16.5. The summed E-state index contributed by atoms with van der Waals surface area (Å²) in [4.78, 5) is 26.7. The Labute approximate surface area is 190 Å². The summed E-state index contributed by atoms with van der Waals surface area (Å²) >= 11 is 0. The first kappa shape index (κ1) is 23.6. The summed E-state index contributed by atoms with van der Waals surface area (Å²) in [6.07, 6.45) is 1.43. The minimum atomic E-state index is -0.573. The molecule has 1 aliphatic rings. The molecule has 0 saturated carbocycles. The highest BCUT2D eigenvalue weighted by molar-refractivity contribution is 5.97. The molecule has 2 aromatic rings. The lowest BCUT2D eigenvalue weighted by Crippen LogP contribution is -2.61. The Balaban J connectivity index is 1.93. The number of rotatable bonds is 6. The quantitative estimate of drug-likeness (QED) is 0.744. The van der Waals surface area contributed by atoms with Crippen LogP contribution in [0.3, 0.4) is 0 Å². The molecule has 1 unspecified atom stereocenters. The van der Waals surface area contributed by atoms with E-state index >= 15 is 0 Å². The van der Waals surface area contributed by atoms with Gasteiger partial charge in [-0.05, 0) is 63.4 Å². The van der Waals surface area contributed by atoms with Crippen LogP contribution in [0.4, 0.5) is 0 Å². The third kappa shape index (κ3) is 5.59. The van der Waals surface area contributed by atoms with Gasteiger partial charge in [0.2, 0.25) is 5.91 Å². The summed E-state index contributed by atoms with van der Waals surface area (Å²) in [6.45, 7) is 6.97. The maximum absolute atomic E-state index is 13.6. The molecule has 7 heteroatoms. The molecular formula is C25H33N3O4. The number of ether oxygens (including phenoxy) is 2. The number of nitrogens with zero attached hydrogens (tertiary/aromatic N) is 2. The van der Waals surface area contributed by atoms with E-state index in [4.69, 9.17) is 9.47 Å². The first-order valence-electron chi connectivity index (χ1n) is 10.9. The number of carbonyl (C=O) groups excluding carboxylic acids is 2. The number of nitrogens with one attached hydrogen (secondary N) is 1. The smallest absolute Gasteiger partial charge is 0.268 e. The lowest BCUT2D eigenvalue weighted by molar-refractivity contribution is -0.139. The van der Waals surface area contributed by atoms with Gasteiger partial charge in [0.05, 0.1) is 14.2 Å². The van der Waals surface area contributed by atoms with E-state index in [1.54, 1.807) is 31.4 Å². The first-order valence-corrected chi connectivity index (χ1v) is 10.9. The van der Waals surface area contributed by atoms with E-state index in [0.717, 1.165) is 12.0 Å². The maximum Gasteiger partial charge on any atom is 0.268 e. The van der Waals surface area contributed by atoms with Gasteiger partial charge in [-0.3, -0.25) is 14.6 Å². The van der Waals surface area contributed by atoms with Crippen molar-refractivity contribution in [1.82, 2.24) is 15.3 Å². The van der Waals surface area contributed by atoms with E-state index in [1.807, 2.05) is 62.2 Å². The second-order valence-electron chi connectivity index (χ2n) is 8.99. The zero-order valence-corrected chi connectivity index (χ0v) is 19.6. The Morgan fingerprint density at radius 3 is 2.34 bits per heavy atom. The van der Waals surface area contributed by atoms with Crippen LogP contribution in [0, 0.1) is 0 Å². The van der Waals surface area contributed by atoms with Crippen molar-refractivity contribution in [2.24, 2.45) is 0 Å². The Morgan fingerprint density at radius 1 is 1.03 bits per heavy atom. The molecule has 0 aliphatic carbocycles. The van der Waals surface area contributed by atoms with Gasteiger partial charge in [0.15, 0.2) is 11.5 Å². The Morgan fingerprint density at radius 2 is 1.72 bits per heavy atom. The number of methoxy groups -OCH3 is 2. The number of amides is 2. The van der Waals surface area contributed by atoms with Crippen molar-refractivity contribution in [1.29, 1.82) is 0 Å². The van der Waals surface area contributed by atoms with Crippen LogP contribution in [0.1, 0.15) is 49.5 Å². The monoisotopic (exact) mass is 439 g/mol. The van der Waals surface area contributed by atoms with Crippen molar-refractivity contribution in [2.75, 3.05) is 20.8 Å². The molecule has 2 amide bonds. The van der Waals surface area contributed by atoms with Gasteiger partial charge in [-0.1, -0.05) is 24.3 Å². The van der Waals surface area contributed by atoms with E-state index in [-0.39, 0.29) is 17.4 Å². The molecule has 1 N–H and O–H groups in total. The lowest BCUT2D eigenvalue weighted by Gasteiger charge is -2.44. The van der Waals surface area contributed by atoms with Crippen molar-refractivity contribution >= 4 is 11.8 Å². The molecule has 7 nitrogen and oxygen atoms in total. The molecule has 0 radical (unpaired) electrons. The van der Waals surface area contributed by atoms with Crippen LogP contribution in [0.25, 0.3) is 0 Å². The predicted octanol–water partition coefficient (Wildman–Crippen LogP) is 3.64. The molecule has 0 aromatic heterocycles. The Bertz CT molecular complexity index is 940. The molecule has 3 rings (SSSR count). The predicted molar refractivity (Wildman–Crippen MR) is 123 cm³/mol. The number of carbonyl (C=O) groups is 2. The van der Waals surface area contributed by atoms with Crippen LogP contribution in [0.5, 0.6) is 11.5 Å². The first-order chi connectivity index (χ1) is 15.2. The highest BCUT2D eigenvalue weighted by Gasteiger charge is 2.38. The average Bonchev–Trinajstić information content (AvgIpc) is 2.77. The van der Waals surface area contributed by atoms with Crippen LogP contribution < -0.4 is 14.8 Å². The molecule has 1 heterocycles. The SMILES string of the molecule is COc1ccc(CN2CCCC(C(=O)NC(C)(C)C)N2C(=O)c2ccccc2)cc1OC. The summed E-state index contributed by atoms with van der Waals surface area (Å²) in [5.41, 5.74) is 1.13. The fourth-order valence-corrected chi connectivity index (χ4v) is 3.92. The largest absolute Gasteiger partial charge is 0.493 e. The van der Waals surface area contributed by atoms with Crippen molar-refractivity contribution in [3.63, 3.8) is 0 Å². The fraction of sp³-hybridized carbons (Fsp3) is 0.440. The number of hydrogen-bond acceptors (Lipinski definition) is 5. The second kappa shape index (κ2) is 10.0. The van der Waals surface area contributed by atoms with Crippen LogP contribution in [-0.2, 0) is 11.3 Å². The van der Waals surface area contributed by atoms with Crippen molar-refractivity contribution in [3.05, 3.63) is 59.7 Å². The van der Waals surface area contributed by atoms with Gasteiger partial charge in [-0.2, -0.15) is 0 Å². The van der Waals surface area contributed by atoms with Crippen LogP contribution in [0.2, 0.25) is 0 Å². The standard InChI is InChI=1S/C25H33N3O4/c1-25(2,3)26-23(29)20-12-9-15-27(28(20)24(30)19-10-7-6-8-11-19)17-18-13-14-21(31-4)22(16-18)32-5/h6-8,10-11,13-14,16,20H,9,12,15,17H2,1-5H3,(H,26,29). The second-order valence-corrected chi connectivity index (χ2v) is 8.99. The third-order valence-electron chi connectivity index (χ3n) is 5.34. The van der Waals surface area contributed by atoms with E-state index in [9.17, 15) is 9.59 Å². The third-order valence-corrected chi connectivity index (χ3v) is 5.34. The number of hydrogen-bond donors (Lipinski definition) is 1. The molecule has 0 spiro atoms. The van der Waals surface area contributed by atoms with Gasteiger partial charge in [0.1, 0.15) is 6.04 Å². The summed E-state index contributed by atoms with van der Waals surface area (Å²) in [7, 11) is 3.20. The molecule has 32 heavy (non-hydrogen) atoms. The normalized spacial score (nSPS) is 17.0. The van der Waals surface area contributed by atoms with Crippen molar-refractivity contribution in [3.8, 4) is 11.5 Å². The van der Waals surface area contributed by atoms with Gasteiger partial charge >= 0.3 is 0 Å². The molecular weight excluding hydrogens is 406 g/mol. The van der Waals surface area contributed by atoms with Crippen molar-refractivity contribution in [2.45, 2.75) is 51.7 Å². The zero-order chi connectivity index (χ0) is 23.3. The summed E-state index contributed by atoms with van der Waals surface area (Å²) in [5, 5.41) is 6.65. The van der Waals surface area contributed by atoms with Gasteiger partial charge in [-0.15, -0.1) is 0 Å². The minimum absolute atomic E-state index is 0.140. The highest BCUT2D eigenvalue weighted by Crippen LogP contribution is 2.30. The van der Waals surface area contributed by atoms with Crippen LogP contribution >= 0.6 is 0 Å². The van der Waals surface area contributed by atoms with Crippen molar-refractivity contribution < 1.29 is 19.1 Å². The van der Waals surface area contributed by atoms with E-state index in [0.29, 0.717) is 36.6 Å².